The minimum atomic E-state index is -0.183. The number of amides is 1. The van der Waals surface area contributed by atoms with Gasteiger partial charge in [0.1, 0.15) is 0 Å². The molecule has 1 aliphatic carbocycles. The van der Waals surface area contributed by atoms with Crippen LogP contribution in [0.25, 0.3) is 0 Å². The first kappa shape index (κ1) is 19.9. The molecule has 1 saturated carbocycles. The summed E-state index contributed by atoms with van der Waals surface area (Å²) in [5.74, 6) is 0.240. The highest BCUT2D eigenvalue weighted by Gasteiger charge is 2.47. The van der Waals surface area contributed by atoms with Crippen LogP contribution in [0, 0.1) is 0 Å². The number of carbonyl (C=O) groups excluding carboxylic acids is 1. The molecule has 0 saturated heterocycles. The van der Waals surface area contributed by atoms with E-state index < -0.39 is 0 Å². The van der Waals surface area contributed by atoms with E-state index >= 15 is 0 Å². The van der Waals surface area contributed by atoms with Gasteiger partial charge >= 0.3 is 0 Å². The second-order valence-electron chi connectivity index (χ2n) is 7.62. The number of rotatable bonds is 7. The van der Waals surface area contributed by atoms with Gasteiger partial charge in [-0.3, -0.25) is 9.69 Å². The Kier molecular flexibility index (Phi) is 6.64. The molecule has 1 aliphatic rings. The van der Waals surface area contributed by atoms with E-state index in [9.17, 15) is 4.79 Å². The summed E-state index contributed by atoms with van der Waals surface area (Å²) in [6.45, 7) is 5.45. The molecule has 1 aromatic rings. The molecule has 4 nitrogen and oxygen atoms in total. The van der Waals surface area contributed by atoms with Crippen LogP contribution in [0.3, 0.4) is 0 Å². The van der Waals surface area contributed by atoms with Gasteiger partial charge in [-0.15, -0.1) is 0 Å². The van der Waals surface area contributed by atoms with E-state index in [1.54, 1.807) is 0 Å². The fraction of sp³-hybridized carbons (Fsp3) is 0.667. The third-order valence-electron chi connectivity index (χ3n) is 6.18. The Bertz CT molecular complexity index is 548. The van der Waals surface area contributed by atoms with Crippen molar-refractivity contribution >= 4 is 5.91 Å². The van der Waals surface area contributed by atoms with Gasteiger partial charge < -0.3 is 10.6 Å². The quantitative estimate of drug-likeness (QED) is 0.824. The molecule has 0 spiro atoms. The molecule has 2 N–H and O–H groups in total. The maximum atomic E-state index is 12.6. The molecule has 0 atom stereocenters. The van der Waals surface area contributed by atoms with Crippen molar-refractivity contribution in [2.45, 2.75) is 63.5 Å². The molecular formula is C21H35N3O. The van der Waals surface area contributed by atoms with Crippen molar-refractivity contribution in [3.05, 3.63) is 35.9 Å². The van der Waals surface area contributed by atoms with Crippen LogP contribution in [0.2, 0.25) is 0 Å². The van der Waals surface area contributed by atoms with E-state index in [0.29, 0.717) is 13.0 Å². The molecule has 1 amide bonds. The number of benzene rings is 1. The number of nitrogens with zero attached hydrogens (tertiary/aromatic N) is 2. The second kappa shape index (κ2) is 8.33. The topological polar surface area (TPSA) is 49.6 Å². The summed E-state index contributed by atoms with van der Waals surface area (Å²) in [5, 5.41) is 0. The van der Waals surface area contributed by atoms with Crippen LogP contribution in [-0.4, -0.2) is 48.4 Å². The van der Waals surface area contributed by atoms with Gasteiger partial charge in [-0.1, -0.05) is 44.2 Å². The fourth-order valence-electron chi connectivity index (χ4n) is 4.50. The summed E-state index contributed by atoms with van der Waals surface area (Å²) in [5.41, 5.74) is 7.48. The van der Waals surface area contributed by atoms with Gasteiger partial charge in [0.2, 0.25) is 5.91 Å². The molecule has 2 rings (SSSR count). The van der Waals surface area contributed by atoms with Crippen LogP contribution < -0.4 is 5.73 Å². The number of nitrogens with two attached hydrogens (primary N) is 1. The fourth-order valence-corrected chi connectivity index (χ4v) is 4.50. The van der Waals surface area contributed by atoms with Gasteiger partial charge in [0.05, 0.1) is 5.54 Å². The standard InChI is InChI=1S/C21H35N3O/c1-5-16-24(19(25)6-2)20(17-22)12-14-21(15-13-20,23(3)4)18-10-8-7-9-11-18/h7-11H,5-6,12-17,22H2,1-4H3/t20-,21+. The number of carbonyl (C=O) groups is 1. The Morgan fingerprint density at radius 2 is 1.68 bits per heavy atom. The summed E-state index contributed by atoms with van der Waals surface area (Å²) < 4.78 is 0. The van der Waals surface area contributed by atoms with E-state index in [-0.39, 0.29) is 17.0 Å². The molecule has 1 aromatic carbocycles. The third kappa shape index (κ3) is 3.75. The van der Waals surface area contributed by atoms with Gasteiger partial charge in [-0.2, -0.15) is 0 Å². The third-order valence-corrected chi connectivity index (χ3v) is 6.18. The van der Waals surface area contributed by atoms with Crippen LogP contribution in [0.5, 0.6) is 0 Å². The highest BCUT2D eigenvalue weighted by molar-refractivity contribution is 5.76. The van der Waals surface area contributed by atoms with Gasteiger partial charge in [0, 0.05) is 25.0 Å². The van der Waals surface area contributed by atoms with Crippen molar-refractivity contribution in [2.75, 3.05) is 27.2 Å². The first-order chi connectivity index (χ1) is 12.0. The summed E-state index contributed by atoms with van der Waals surface area (Å²) in [6.07, 6.45) is 5.51. The van der Waals surface area contributed by atoms with Gasteiger partial charge in [-0.25, -0.2) is 0 Å². The van der Waals surface area contributed by atoms with Crippen molar-refractivity contribution in [1.82, 2.24) is 9.80 Å². The normalized spacial score (nSPS) is 26.6. The largest absolute Gasteiger partial charge is 0.336 e. The lowest BCUT2D eigenvalue weighted by Gasteiger charge is -2.53. The van der Waals surface area contributed by atoms with Crippen LogP contribution >= 0.6 is 0 Å². The van der Waals surface area contributed by atoms with E-state index in [0.717, 1.165) is 38.6 Å². The van der Waals surface area contributed by atoms with Crippen LogP contribution in [-0.2, 0) is 10.3 Å². The first-order valence-corrected chi connectivity index (χ1v) is 9.69. The monoisotopic (exact) mass is 345 g/mol. The molecule has 0 aromatic heterocycles. The molecule has 0 bridgehead atoms. The SMILES string of the molecule is CCCN(C(=O)CC)[C@]1(CN)CC[C@](c2ccccc2)(N(C)C)CC1. The van der Waals surface area contributed by atoms with E-state index in [1.165, 1.54) is 5.56 Å². The van der Waals surface area contributed by atoms with Crippen molar-refractivity contribution < 1.29 is 4.79 Å². The summed E-state index contributed by atoms with van der Waals surface area (Å²) in [6, 6.07) is 10.8. The van der Waals surface area contributed by atoms with Gasteiger partial charge in [0.25, 0.3) is 0 Å². The Morgan fingerprint density at radius 1 is 1.08 bits per heavy atom. The lowest BCUT2D eigenvalue weighted by Crippen LogP contribution is -2.61. The average molecular weight is 346 g/mol. The van der Waals surface area contributed by atoms with Crippen LogP contribution in [0.4, 0.5) is 0 Å². The van der Waals surface area contributed by atoms with E-state index in [1.807, 2.05) is 6.92 Å². The van der Waals surface area contributed by atoms with Crippen LogP contribution in [0.1, 0.15) is 57.9 Å². The molecule has 0 aliphatic heterocycles. The predicted octanol–water partition coefficient (Wildman–Crippen LogP) is 3.36. The molecule has 25 heavy (non-hydrogen) atoms. The van der Waals surface area contributed by atoms with Crippen molar-refractivity contribution in [2.24, 2.45) is 5.73 Å². The predicted molar refractivity (Wildman–Crippen MR) is 104 cm³/mol. The maximum Gasteiger partial charge on any atom is 0.222 e. The summed E-state index contributed by atoms with van der Waals surface area (Å²) in [7, 11) is 4.34. The van der Waals surface area contributed by atoms with Crippen molar-refractivity contribution in [3.8, 4) is 0 Å². The molecule has 0 unspecified atom stereocenters. The Labute approximate surface area is 153 Å². The minimum Gasteiger partial charge on any atom is -0.336 e. The van der Waals surface area contributed by atoms with Gasteiger partial charge in [0.15, 0.2) is 0 Å². The smallest absolute Gasteiger partial charge is 0.222 e. The van der Waals surface area contributed by atoms with E-state index in [2.05, 4.69) is 61.2 Å². The first-order valence-electron chi connectivity index (χ1n) is 9.69. The molecule has 1 fully saturated rings. The molecule has 4 heteroatoms. The number of hydrogen-bond acceptors (Lipinski definition) is 3. The minimum absolute atomic E-state index is 0.0348. The zero-order valence-corrected chi connectivity index (χ0v) is 16.4. The van der Waals surface area contributed by atoms with E-state index in [4.69, 9.17) is 5.73 Å². The zero-order valence-electron chi connectivity index (χ0n) is 16.4. The molecule has 140 valence electrons. The Balaban J connectivity index is 2.30. The molecular weight excluding hydrogens is 310 g/mol. The molecule has 0 radical (unpaired) electrons. The van der Waals surface area contributed by atoms with Crippen LogP contribution in [0.15, 0.2) is 30.3 Å². The second-order valence-corrected chi connectivity index (χ2v) is 7.62. The highest BCUT2D eigenvalue weighted by Crippen LogP contribution is 2.46. The zero-order chi connectivity index (χ0) is 18.5. The van der Waals surface area contributed by atoms with Crippen molar-refractivity contribution in [1.29, 1.82) is 0 Å². The molecule has 0 heterocycles. The Hall–Kier alpha value is -1.39. The van der Waals surface area contributed by atoms with Crippen molar-refractivity contribution in [3.63, 3.8) is 0 Å². The highest BCUT2D eigenvalue weighted by atomic mass is 16.2. The lowest BCUT2D eigenvalue weighted by atomic mass is 9.68. The lowest BCUT2D eigenvalue weighted by molar-refractivity contribution is -0.140. The summed E-state index contributed by atoms with van der Waals surface area (Å²) >= 11 is 0. The Morgan fingerprint density at radius 3 is 2.12 bits per heavy atom. The average Bonchev–Trinajstić information content (AvgIpc) is 2.66. The van der Waals surface area contributed by atoms with Gasteiger partial charge in [-0.05, 0) is 51.8 Å². The summed E-state index contributed by atoms with van der Waals surface area (Å²) in [4.78, 5) is 17.0. The number of hydrogen-bond donors (Lipinski definition) is 1. The maximum absolute atomic E-state index is 12.6.